The van der Waals surface area contributed by atoms with Crippen molar-refractivity contribution in [2.45, 2.75) is 40.5 Å². The third-order valence-corrected chi connectivity index (χ3v) is 11.6. The monoisotopic (exact) mass is 239 g/mol. The Balaban J connectivity index is 0. The molecule has 0 amide bonds. The molecule has 0 aliphatic rings. The van der Waals surface area contributed by atoms with E-state index in [9.17, 15) is 0 Å². The second kappa shape index (κ2) is 6.87. The van der Waals surface area contributed by atoms with Gasteiger partial charge in [-0.25, -0.2) is 0 Å². The first-order valence-electron chi connectivity index (χ1n) is 3.56. The average molecular weight is 238 g/mol. The van der Waals surface area contributed by atoms with Crippen molar-refractivity contribution in [1.82, 2.24) is 0 Å². The third-order valence-electron chi connectivity index (χ3n) is 1.72. The SMILES string of the molecule is C[CH2][Sn]([CH2]C)[CH](C)C.O. The van der Waals surface area contributed by atoms with Gasteiger partial charge in [-0.15, -0.1) is 0 Å². The first-order valence-corrected chi connectivity index (χ1v) is 9.25. The first-order chi connectivity index (χ1) is 3.72. The zero-order valence-corrected chi connectivity index (χ0v) is 9.85. The van der Waals surface area contributed by atoms with Crippen LogP contribution in [0.2, 0.25) is 12.8 Å². The molecule has 0 spiro atoms. The summed E-state index contributed by atoms with van der Waals surface area (Å²) < 4.78 is 4.15. The van der Waals surface area contributed by atoms with Crippen molar-refractivity contribution in [3.05, 3.63) is 0 Å². The Labute approximate surface area is 65.9 Å². The summed E-state index contributed by atoms with van der Waals surface area (Å²) in [6.45, 7) is 9.50. The smallest absolute Gasteiger partial charge is 0.412 e. The van der Waals surface area contributed by atoms with Crippen LogP contribution in [0.15, 0.2) is 0 Å². The van der Waals surface area contributed by atoms with Gasteiger partial charge >= 0.3 is 60.3 Å². The quantitative estimate of drug-likeness (QED) is 0.674. The molecule has 1 radical (unpaired) electrons. The molecule has 0 aromatic carbocycles. The molecule has 0 bridgehead atoms. The van der Waals surface area contributed by atoms with Crippen molar-refractivity contribution in [2.75, 3.05) is 0 Å². The van der Waals surface area contributed by atoms with Gasteiger partial charge in [-0.3, -0.25) is 0 Å². The van der Waals surface area contributed by atoms with Crippen molar-refractivity contribution in [1.29, 1.82) is 0 Å². The van der Waals surface area contributed by atoms with Crippen LogP contribution >= 0.6 is 0 Å². The normalized spacial score (nSPS) is 10.0. The minimum atomic E-state index is -0.773. The first kappa shape index (κ1) is 12.4. The molecule has 0 rings (SSSR count). The van der Waals surface area contributed by atoms with E-state index in [0.29, 0.717) is 0 Å². The summed E-state index contributed by atoms with van der Waals surface area (Å²) in [5, 5.41) is 0. The molecular weight excluding hydrogens is 219 g/mol. The van der Waals surface area contributed by atoms with Gasteiger partial charge in [0, 0.05) is 0 Å². The molecule has 0 aliphatic carbocycles. The predicted molar refractivity (Wildman–Crippen MR) is 45.4 cm³/mol. The molecule has 0 saturated heterocycles. The third kappa shape index (κ3) is 5.22. The summed E-state index contributed by atoms with van der Waals surface area (Å²) in [5.74, 6) is 0. The Kier molecular flexibility index (Phi) is 9.50. The molecule has 2 heteroatoms. The van der Waals surface area contributed by atoms with Gasteiger partial charge in [0.1, 0.15) is 0 Å². The number of hydrogen-bond donors (Lipinski definition) is 0. The zero-order chi connectivity index (χ0) is 6.57. The van der Waals surface area contributed by atoms with Gasteiger partial charge < -0.3 is 5.48 Å². The summed E-state index contributed by atoms with van der Waals surface area (Å²) in [6.07, 6.45) is 0. The second-order valence-corrected chi connectivity index (χ2v) is 13.6. The Morgan fingerprint density at radius 2 is 1.44 bits per heavy atom. The Morgan fingerprint density at radius 1 is 1.11 bits per heavy atom. The predicted octanol–water partition coefficient (Wildman–Crippen LogP) is 2.11. The minimum absolute atomic E-state index is 0. The van der Waals surface area contributed by atoms with Crippen molar-refractivity contribution >= 4 is 19.8 Å². The van der Waals surface area contributed by atoms with Gasteiger partial charge in [0.15, 0.2) is 0 Å². The van der Waals surface area contributed by atoms with E-state index in [-0.39, 0.29) is 5.48 Å². The summed E-state index contributed by atoms with van der Waals surface area (Å²) in [7, 11) is 0. The molecule has 0 atom stereocenters. The second-order valence-electron chi connectivity index (χ2n) is 2.52. The molecule has 2 N–H and O–H groups in total. The molecule has 9 heavy (non-hydrogen) atoms. The van der Waals surface area contributed by atoms with Gasteiger partial charge in [-0.05, 0) is 0 Å². The van der Waals surface area contributed by atoms with E-state index in [1.807, 2.05) is 0 Å². The van der Waals surface area contributed by atoms with E-state index in [1.54, 1.807) is 0 Å². The molecule has 0 heterocycles. The van der Waals surface area contributed by atoms with Crippen LogP contribution in [0.25, 0.3) is 0 Å². The van der Waals surface area contributed by atoms with E-state index in [0.717, 1.165) is 3.93 Å². The van der Waals surface area contributed by atoms with E-state index in [4.69, 9.17) is 0 Å². The van der Waals surface area contributed by atoms with Crippen LogP contribution in [-0.4, -0.2) is 25.2 Å². The summed E-state index contributed by atoms with van der Waals surface area (Å²) in [5.41, 5.74) is 0. The molecule has 0 aromatic rings. The van der Waals surface area contributed by atoms with Crippen LogP contribution in [0.4, 0.5) is 0 Å². The van der Waals surface area contributed by atoms with E-state index in [1.165, 1.54) is 8.87 Å². The van der Waals surface area contributed by atoms with Gasteiger partial charge in [-0.2, -0.15) is 0 Å². The van der Waals surface area contributed by atoms with Gasteiger partial charge in [0.25, 0.3) is 0 Å². The van der Waals surface area contributed by atoms with Crippen molar-refractivity contribution in [3.63, 3.8) is 0 Å². The van der Waals surface area contributed by atoms with Crippen molar-refractivity contribution < 1.29 is 5.48 Å². The van der Waals surface area contributed by atoms with E-state index in [2.05, 4.69) is 27.7 Å². The number of rotatable bonds is 3. The average Bonchev–Trinajstić information content (AvgIpc) is 1.69. The maximum Gasteiger partial charge on any atom is -0.412 e. The van der Waals surface area contributed by atoms with Gasteiger partial charge in [-0.1, -0.05) is 0 Å². The van der Waals surface area contributed by atoms with Gasteiger partial charge in [0.05, 0.1) is 0 Å². The minimum Gasteiger partial charge on any atom is -0.412 e. The van der Waals surface area contributed by atoms with Gasteiger partial charge in [0.2, 0.25) is 0 Å². The Bertz CT molecular complexity index is 50.9. The zero-order valence-electron chi connectivity index (χ0n) is 6.99. The van der Waals surface area contributed by atoms with Crippen molar-refractivity contribution in [3.8, 4) is 0 Å². The van der Waals surface area contributed by atoms with E-state index < -0.39 is 19.8 Å². The molecule has 0 aliphatic heterocycles. The van der Waals surface area contributed by atoms with Crippen LogP contribution in [0, 0.1) is 0 Å². The maximum atomic E-state index is 2.39. The topological polar surface area (TPSA) is 31.5 Å². The largest absolute Gasteiger partial charge is 0.412 e. The van der Waals surface area contributed by atoms with Crippen LogP contribution in [0.5, 0.6) is 0 Å². The molecule has 0 unspecified atom stereocenters. The van der Waals surface area contributed by atoms with Crippen LogP contribution in [-0.2, 0) is 0 Å². The maximum absolute atomic E-state index is 2.39. The molecule has 0 aromatic heterocycles. The van der Waals surface area contributed by atoms with Crippen LogP contribution in [0.1, 0.15) is 27.7 Å². The van der Waals surface area contributed by atoms with Crippen LogP contribution in [0.3, 0.4) is 0 Å². The van der Waals surface area contributed by atoms with Crippen LogP contribution < -0.4 is 0 Å². The Hall–Kier alpha value is 0.759. The standard InChI is InChI=1S/C3H7.2C2H5.H2O.Sn/c1-3-2;2*1-2;;/h3H,1-2H3;2*1H2,2H3;1H2;. The fraction of sp³-hybridized carbons (Fsp3) is 1.00. The molecule has 0 fully saturated rings. The molecule has 0 saturated carbocycles. The van der Waals surface area contributed by atoms with Crippen molar-refractivity contribution in [2.24, 2.45) is 0 Å². The molecule has 57 valence electrons. The summed E-state index contributed by atoms with van der Waals surface area (Å²) in [6, 6.07) is 0. The molecular formula is C7H19OSn. The fourth-order valence-electron chi connectivity index (χ4n) is 1.07. The summed E-state index contributed by atoms with van der Waals surface area (Å²) in [4.78, 5) is 0. The molecule has 1 nitrogen and oxygen atoms in total. The van der Waals surface area contributed by atoms with E-state index >= 15 is 0 Å². The Morgan fingerprint density at radius 3 is 1.44 bits per heavy atom. The summed E-state index contributed by atoms with van der Waals surface area (Å²) >= 11 is -0.773. The number of hydrogen-bond acceptors (Lipinski definition) is 0. The fourth-order valence-corrected chi connectivity index (χ4v) is 7.15.